The maximum absolute atomic E-state index is 4.83. The summed E-state index contributed by atoms with van der Waals surface area (Å²) in [4.78, 5) is 6.36. The molecule has 1 aromatic heterocycles. The van der Waals surface area contributed by atoms with E-state index in [0.29, 0.717) is 5.92 Å². The molecule has 1 aromatic carbocycles. The lowest BCUT2D eigenvalue weighted by Gasteiger charge is -2.21. The fourth-order valence-corrected chi connectivity index (χ4v) is 4.18. The van der Waals surface area contributed by atoms with Gasteiger partial charge in [-0.25, -0.2) is 4.98 Å². The Bertz CT molecular complexity index is 586. The van der Waals surface area contributed by atoms with Crippen LogP contribution in [0.1, 0.15) is 46.3 Å². The molecule has 0 amide bonds. The molecule has 4 rings (SSSR count). The van der Waals surface area contributed by atoms with Crippen LogP contribution >= 0.6 is 11.3 Å². The van der Waals surface area contributed by atoms with Crippen molar-refractivity contribution in [3.63, 3.8) is 0 Å². The molecule has 0 spiro atoms. The van der Waals surface area contributed by atoms with Crippen molar-refractivity contribution in [2.45, 2.75) is 50.6 Å². The van der Waals surface area contributed by atoms with E-state index in [1.165, 1.54) is 46.8 Å². The highest BCUT2D eigenvalue weighted by Crippen LogP contribution is 2.35. The number of hydrogen-bond acceptors (Lipinski definition) is 3. The highest BCUT2D eigenvalue weighted by atomic mass is 32.1. The minimum absolute atomic E-state index is 0.688. The van der Waals surface area contributed by atoms with Crippen LogP contribution in [0.2, 0.25) is 0 Å². The van der Waals surface area contributed by atoms with Gasteiger partial charge >= 0.3 is 0 Å². The van der Waals surface area contributed by atoms with E-state index in [1.807, 2.05) is 11.3 Å². The molecule has 0 radical (unpaired) electrons. The Balaban J connectivity index is 1.47. The molecule has 1 heterocycles. The Hall–Kier alpha value is -1.19. The third-order valence-corrected chi connectivity index (χ3v) is 5.49. The molecular formula is C17H20N2S. The number of thiazole rings is 1. The van der Waals surface area contributed by atoms with Crippen LogP contribution < -0.4 is 5.32 Å². The second-order valence-electron chi connectivity index (χ2n) is 5.98. The summed E-state index contributed by atoms with van der Waals surface area (Å²) in [6.07, 6.45) is 6.27. The molecule has 1 saturated carbocycles. The van der Waals surface area contributed by atoms with Gasteiger partial charge in [0.1, 0.15) is 5.01 Å². The van der Waals surface area contributed by atoms with E-state index in [-0.39, 0.29) is 0 Å². The third kappa shape index (κ3) is 2.65. The van der Waals surface area contributed by atoms with Crippen LogP contribution in [0.25, 0.3) is 0 Å². The number of fused-ring (bicyclic) bond motifs is 1. The Morgan fingerprint density at radius 2 is 2.00 bits per heavy atom. The van der Waals surface area contributed by atoms with Gasteiger partial charge in [-0.1, -0.05) is 30.3 Å². The molecule has 0 bridgehead atoms. The molecule has 2 aliphatic rings. The molecule has 104 valence electrons. The summed E-state index contributed by atoms with van der Waals surface area (Å²) in [7, 11) is 0. The Morgan fingerprint density at radius 3 is 2.80 bits per heavy atom. The largest absolute Gasteiger partial charge is 0.308 e. The Morgan fingerprint density at radius 1 is 1.15 bits per heavy atom. The first kappa shape index (κ1) is 12.5. The number of aromatic nitrogens is 1. The molecule has 1 unspecified atom stereocenters. The normalized spacial score (nSPS) is 21.7. The van der Waals surface area contributed by atoms with Gasteiger partial charge in [0, 0.05) is 17.5 Å². The molecule has 2 nitrogen and oxygen atoms in total. The highest BCUT2D eigenvalue weighted by molar-refractivity contribution is 7.11. The van der Waals surface area contributed by atoms with E-state index >= 15 is 0 Å². The minimum Gasteiger partial charge on any atom is -0.308 e. The van der Waals surface area contributed by atoms with Gasteiger partial charge < -0.3 is 5.32 Å². The van der Waals surface area contributed by atoms with Crippen molar-refractivity contribution in [3.8, 4) is 0 Å². The van der Waals surface area contributed by atoms with Crippen LogP contribution in [-0.4, -0.2) is 11.0 Å². The van der Waals surface area contributed by atoms with Crippen molar-refractivity contribution in [1.82, 2.24) is 10.3 Å². The topological polar surface area (TPSA) is 24.9 Å². The minimum atomic E-state index is 0.688. The molecule has 2 aliphatic carbocycles. The zero-order valence-corrected chi connectivity index (χ0v) is 12.5. The molecular weight excluding hydrogens is 264 g/mol. The van der Waals surface area contributed by atoms with E-state index in [1.54, 1.807) is 0 Å². The number of rotatable bonds is 4. The van der Waals surface area contributed by atoms with Crippen molar-refractivity contribution in [2.24, 2.45) is 0 Å². The Kier molecular flexibility index (Phi) is 3.32. The van der Waals surface area contributed by atoms with E-state index in [4.69, 9.17) is 4.98 Å². The first-order valence-electron chi connectivity index (χ1n) is 7.64. The van der Waals surface area contributed by atoms with Crippen LogP contribution in [-0.2, 0) is 19.4 Å². The summed E-state index contributed by atoms with van der Waals surface area (Å²) < 4.78 is 0. The zero-order chi connectivity index (χ0) is 13.4. The number of nitrogens with zero attached hydrogens (tertiary/aromatic N) is 1. The van der Waals surface area contributed by atoms with Gasteiger partial charge in [0.15, 0.2) is 0 Å². The van der Waals surface area contributed by atoms with E-state index in [2.05, 4.69) is 35.6 Å². The Labute approximate surface area is 124 Å². The standard InChI is InChI=1S/C17H20N2S/c1-2-4-12(5-3-1)13-6-9-15-16(10-13)20-17(19-15)11-18-14-7-8-14/h1-5,13-14,18H,6-11H2. The average Bonchev–Trinajstić information content (AvgIpc) is 3.24. The van der Waals surface area contributed by atoms with Crippen LogP contribution in [0, 0.1) is 0 Å². The summed E-state index contributed by atoms with van der Waals surface area (Å²) in [5.41, 5.74) is 2.86. The summed E-state index contributed by atoms with van der Waals surface area (Å²) in [6, 6.07) is 11.7. The maximum Gasteiger partial charge on any atom is 0.107 e. The summed E-state index contributed by atoms with van der Waals surface area (Å²) in [5.74, 6) is 0.688. The van der Waals surface area contributed by atoms with Gasteiger partial charge in [-0.2, -0.15) is 0 Å². The van der Waals surface area contributed by atoms with E-state index < -0.39 is 0 Å². The van der Waals surface area contributed by atoms with Crippen LogP contribution in [0.15, 0.2) is 30.3 Å². The van der Waals surface area contributed by atoms with E-state index in [9.17, 15) is 0 Å². The lowest BCUT2D eigenvalue weighted by molar-refractivity contribution is 0.582. The predicted molar refractivity (Wildman–Crippen MR) is 83.2 cm³/mol. The summed E-state index contributed by atoms with van der Waals surface area (Å²) in [5, 5.41) is 4.86. The predicted octanol–water partition coefficient (Wildman–Crippen LogP) is 3.67. The number of aryl methyl sites for hydroxylation is 1. The maximum atomic E-state index is 4.83. The number of nitrogens with one attached hydrogen (secondary N) is 1. The van der Waals surface area contributed by atoms with Crippen molar-refractivity contribution >= 4 is 11.3 Å². The average molecular weight is 284 g/mol. The molecule has 1 atom stereocenters. The molecule has 0 saturated heterocycles. The zero-order valence-electron chi connectivity index (χ0n) is 11.6. The molecule has 20 heavy (non-hydrogen) atoms. The molecule has 1 N–H and O–H groups in total. The lowest BCUT2D eigenvalue weighted by atomic mass is 9.85. The van der Waals surface area contributed by atoms with Crippen molar-refractivity contribution in [2.75, 3.05) is 0 Å². The van der Waals surface area contributed by atoms with Gasteiger partial charge in [0.2, 0.25) is 0 Å². The first-order chi connectivity index (χ1) is 9.88. The monoisotopic (exact) mass is 284 g/mol. The highest BCUT2D eigenvalue weighted by Gasteiger charge is 2.25. The first-order valence-corrected chi connectivity index (χ1v) is 8.46. The van der Waals surface area contributed by atoms with Crippen molar-refractivity contribution in [1.29, 1.82) is 0 Å². The fraction of sp³-hybridized carbons (Fsp3) is 0.471. The number of hydrogen-bond donors (Lipinski definition) is 1. The molecule has 1 fully saturated rings. The quantitative estimate of drug-likeness (QED) is 0.926. The van der Waals surface area contributed by atoms with Crippen LogP contribution in [0.3, 0.4) is 0 Å². The smallest absolute Gasteiger partial charge is 0.107 e. The lowest BCUT2D eigenvalue weighted by Crippen LogP contribution is -2.15. The van der Waals surface area contributed by atoms with Crippen molar-refractivity contribution in [3.05, 3.63) is 51.5 Å². The van der Waals surface area contributed by atoms with Gasteiger partial charge in [-0.05, 0) is 43.6 Å². The second-order valence-corrected chi connectivity index (χ2v) is 7.15. The summed E-state index contributed by atoms with van der Waals surface area (Å²) in [6.45, 7) is 0.971. The number of benzene rings is 1. The SMILES string of the molecule is c1ccc(C2CCc3nc(CNC4CC4)sc3C2)cc1. The summed E-state index contributed by atoms with van der Waals surface area (Å²) >= 11 is 1.93. The molecule has 2 aromatic rings. The second kappa shape index (κ2) is 5.30. The van der Waals surface area contributed by atoms with Crippen molar-refractivity contribution < 1.29 is 0 Å². The van der Waals surface area contributed by atoms with Gasteiger partial charge in [-0.15, -0.1) is 11.3 Å². The fourth-order valence-electron chi connectivity index (χ4n) is 3.03. The van der Waals surface area contributed by atoms with Crippen LogP contribution in [0.4, 0.5) is 0 Å². The van der Waals surface area contributed by atoms with Gasteiger partial charge in [-0.3, -0.25) is 0 Å². The van der Waals surface area contributed by atoms with Gasteiger partial charge in [0.25, 0.3) is 0 Å². The van der Waals surface area contributed by atoms with Gasteiger partial charge in [0.05, 0.1) is 5.69 Å². The third-order valence-electron chi connectivity index (χ3n) is 4.37. The molecule has 3 heteroatoms. The van der Waals surface area contributed by atoms with E-state index in [0.717, 1.165) is 19.0 Å². The van der Waals surface area contributed by atoms with Crippen LogP contribution in [0.5, 0.6) is 0 Å². The molecule has 0 aliphatic heterocycles.